The highest BCUT2D eigenvalue weighted by molar-refractivity contribution is 5.98. The van der Waals surface area contributed by atoms with Gasteiger partial charge >= 0.3 is 5.97 Å². The number of nitrogens with zero attached hydrogens (tertiary/aromatic N) is 2. The van der Waals surface area contributed by atoms with E-state index in [9.17, 15) is 9.59 Å². The molecule has 3 aromatic rings. The first kappa shape index (κ1) is 20.1. The van der Waals surface area contributed by atoms with Crippen LogP contribution in [0.4, 0.5) is 5.69 Å². The highest BCUT2D eigenvalue weighted by Crippen LogP contribution is 2.21. The van der Waals surface area contributed by atoms with Crippen LogP contribution in [0.2, 0.25) is 0 Å². The number of esters is 1. The quantitative estimate of drug-likeness (QED) is 0.646. The van der Waals surface area contributed by atoms with Crippen LogP contribution in [-0.2, 0) is 9.53 Å². The lowest BCUT2D eigenvalue weighted by Gasteiger charge is -2.14. The zero-order chi connectivity index (χ0) is 21.0. The molecule has 0 fully saturated rings. The van der Waals surface area contributed by atoms with Crippen molar-refractivity contribution in [1.29, 1.82) is 0 Å². The van der Waals surface area contributed by atoms with Crippen molar-refractivity contribution in [2.24, 2.45) is 0 Å². The molecule has 0 spiro atoms. The van der Waals surface area contributed by atoms with Crippen molar-refractivity contribution >= 4 is 17.6 Å². The van der Waals surface area contributed by atoms with Crippen molar-refractivity contribution in [2.75, 3.05) is 12.4 Å². The Morgan fingerprint density at radius 2 is 1.83 bits per heavy atom. The van der Waals surface area contributed by atoms with Gasteiger partial charge < -0.3 is 14.8 Å². The summed E-state index contributed by atoms with van der Waals surface area (Å²) in [6.07, 6.45) is 0.585. The van der Waals surface area contributed by atoms with Crippen LogP contribution in [0.3, 0.4) is 0 Å². The summed E-state index contributed by atoms with van der Waals surface area (Å²) in [4.78, 5) is 25.0. The number of aromatic nitrogens is 2. The largest absolute Gasteiger partial charge is 0.493 e. The molecule has 0 bridgehead atoms. The first-order valence-corrected chi connectivity index (χ1v) is 9.17. The maximum absolute atomic E-state index is 12.6. The van der Waals surface area contributed by atoms with Crippen LogP contribution in [0.25, 0.3) is 5.69 Å². The van der Waals surface area contributed by atoms with E-state index >= 15 is 0 Å². The molecule has 0 aliphatic heterocycles. The fourth-order valence-electron chi connectivity index (χ4n) is 2.82. The molecule has 1 atom stereocenters. The summed E-state index contributed by atoms with van der Waals surface area (Å²) in [5.74, 6) is -0.896. The molecule has 0 unspecified atom stereocenters. The van der Waals surface area contributed by atoms with Gasteiger partial charge in [-0.05, 0) is 44.5 Å². The van der Waals surface area contributed by atoms with Crippen molar-refractivity contribution in [3.05, 3.63) is 71.5 Å². The number of rotatable bonds is 6. The predicted molar refractivity (Wildman–Crippen MR) is 110 cm³/mol. The molecule has 1 amide bonds. The second kappa shape index (κ2) is 8.60. The van der Waals surface area contributed by atoms with Gasteiger partial charge in [0.15, 0.2) is 11.9 Å². The molecule has 3 rings (SSSR count). The summed E-state index contributed by atoms with van der Waals surface area (Å²) < 4.78 is 12.1. The first-order chi connectivity index (χ1) is 13.9. The molecule has 7 nitrogen and oxygen atoms in total. The molecule has 7 heteroatoms. The maximum Gasteiger partial charge on any atom is 0.363 e. The molecule has 150 valence electrons. The third kappa shape index (κ3) is 4.63. The van der Waals surface area contributed by atoms with Crippen molar-refractivity contribution < 1.29 is 19.1 Å². The molecule has 0 radical (unpaired) electrons. The second-order valence-electron chi connectivity index (χ2n) is 6.68. The lowest BCUT2D eigenvalue weighted by atomic mass is 10.1. The lowest BCUT2D eigenvalue weighted by Crippen LogP contribution is -2.30. The van der Waals surface area contributed by atoms with Crippen molar-refractivity contribution in [3.63, 3.8) is 0 Å². The summed E-state index contributed by atoms with van der Waals surface area (Å²) in [5.41, 5.74) is 3.48. The van der Waals surface area contributed by atoms with Crippen LogP contribution in [0, 0.1) is 13.8 Å². The fourth-order valence-corrected chi connectivity index (χ4v) is 2.82. The molecule has 0 aliphatic carbocycles. The number of methoxy groups -OCH3 is 1. The van der Waals surface area contributed by atoms with E-state index in [0.717, 1.165) is 16.8 Å². The van der Waals surface area contributed by atoms with Crippen LogP contribution < -0.4 is 10.1 Å². The van der Waals surface area contributed by atoms with Gasteiger partial charge in [-0.2, -0.15) is 5.10 Å². The standard InChI is InChI=1S/C22H23N3O4/c1-14-10-11-18(15(2)12-14)23-21(26)16(3)29-22(27)20-19(28-4)13-25(24-20)17-8-6-5-7-9-17/h5-13,16H,1-4H3,(H,23,26)/t16-/m1/s1. The minimum Gasteiger partial charge on any atom is -0.493 e. The van der Waals surface area contributed by atoms with Crippen molar-refractivity contribution in [1.82, 2.24) is 9.78 Å². The van der Waals surface area contributed by atoms with Gasteiger partial charge in [-0.15, -0.1) is 0 Å². The number of benzene rings is 2. The summed E-state index contributed by atoms with van der Waals surface area (Å²) in [5, 5.41) is 7.04. The van der Waals surface area contributed by atoms with Gasteiger partial charge in [0, 0.05) is 5.69 Å². The summed E-state index contributed by atoms with van der Waals surface area (Å²) in [7, 11) is 1.44. The normalized spacial score (nSPS) is 11.6. The third-order valence-corrected chi connectivity index (χ3v) is 4.41. The van der Waals surface area contributed by atoms with E-state index in [1.165, 1.54) is 18.7 Å². The average molecular weight is 393 g/mol. The lowest BCUT2D eigenvalue weighted by molar-refractivity contribution is -0.123. The van der Waals surface area contributed by atoms with Gasteiger partial charge in [0.25, 0.3) is 5.91 Å². The maximum atomic E-state index is 12.6. The van der Waals surface area contributed by atoms with Gasteiger partial charge in [-0.1, -0.05) is 35.9 Å². The van der Waals surface area contributed by atoms with E-state index in [4.69, 9.17) is 9.47 Å². The molecule has 1 aromatic heterocycles. The zero-order valence-electron chi connectivity index (χ0n) is 16.8. The van der Waals surface area contributed by atoms with Crippen LogP contribution in [-0.4, -0.2) is 34.9 Å². The van der Waals surface area contributed by atoms with E-state index in [0.29, 0.717) is 5.69 Å². The van der Waals surface area contributed by atoms with E-state index < -0.39 is 18.0 Å². The number of carbonyl (C=O) groups is 2. The third-order valence-electron chi connectivity index (χ3n) is 4.41. The van der Waals surface area contributed by atoms with E-state index in [-0.39, 0.29) is 11.4 Å². The molecule has 1 N–H and O–H groups in total. The Bertz CT molecular complexity index is 1030. The number of amides is 1. The van der Waals surface area contributed by atoms with Crippen molar-refractivity contribution in [2.45, 2.75) is 26.9 Å². The summed E-state index contributed by atoms with van der Waals surface area (Å²) in [6, 6.07) is 15.0. The van der Waals surface area contributed by atoms with Gasteiger partial charge in [0.05, 0.1) is 19.0 Å². The fraction of sp³-hybridized carbons (Fsp3) is 0.227. The molecule has 0 aliphatic rings. The summed E-state index contributed by atoms with van der Waals surface area (Å²) >= 11 is 0. The minimum absolute atomic E-state index is 0.00233. The first-order valence-electron chi connectivity index (χ1n) is 9.17. The number of para-hydroxylation sites is 1. The van der Waals surface area contributed by atoms with Crippen LogP contribution in [0.15, 0.2) is 54.7 Å². The Kier molecular flexibility index (Phi) is 5.97. The highest BCUT2D eigenvalue weighted by atomic mass is 16.6. The average Bonchev–Trinajstić information content (AvgIpc) is 3.15. The molecular formula is C22H23N3O4. The van der Waals surface area contributed by atoms with E-state index in [1.54, 1.807) is 6.20 Å². The number of hydrogen-bond donors (Lipinski definition) is 1. The Balaban J connectivity index is 1.72. The molecular weight excluding hydrogens is 370 g/mol. The van der Waals surface area contributed by atoms with Gasteiger partial charge in [-0.3, -0.25) is 4.79 Å². The Hall–Kier alpha value is -3.61. The number of carbonyl (C=O) groups excluding carboxylic acids is 2. The molecule has 0 saturated heterocycles. The van der Waals surface area contributed by atoms with Crippen LogP contribution in [0.1, 0.15) is 28.5 Å². The van der Waals surface area contributed by atoms with Crippen molar-refractivity contribution in [3.8, 4) is 11.4 Å². The number of anilines is 1. The Labute approximate surface area is 169 Å². The zero-order valence-corrected chi connectivity index (χ0v) is 16.8. The number of aryl methyl sites for hydroxylation is 2. The highest BCUT2D eigenvalue weighted by Gasteiger charge is 2.25. The van der Waals surface area contributed by atoms with Gasteiger partial charge in [0.2, 0.25) is 5.69 Å². The van der Waals surface area contributed by atoms with E-state index in [2.05, 4.69) is 10.4 Å². The number of hydrogen-bond acceptors (Lipinski definition) is 5. The van der Waals surface area contributed by atoms with Crippen LogP contribution >= 0.6 is 0 Å². The van der Waals surface area contributed by atoms with Gasteiger partial charge in [0.1, 0.15) is 0 Å². The smallest absolute Gasteiger partial charge is 0.363 e. The molecule has 1 heterocycles. The predicted octanol–water partition coefficient (Wildman–Crippen LogP) is 3.68. The SMILES string of the molecule is COc1cn(-c2ccccc2)nc1C(=O)O[C@H](C)C(=O)Nc1ccc(C)cc1C. The monoisotopic (exact) mass is 393 g/mol. The molecule has 2 aromatic carbocycles. The van der Waals surface area contributed by atoms with Crippen LogP contribution in [0.5, 0.6) is 5.75 Å². The topological polar surface area (TPSA) is 82.5 Å². The Morgan fingerprint density at radius 3 is 2.48 bits per heavy atom. The Morgan fingerprint density at radius 1 is 1.10 bits per heavy atom. The number of ether oxygens (including phenoxy) is 2. The minimum atomic E-state index is -1.00. The van der Waals surface area contributed by atoms with Gasteiger partial charge in [-0.25, -0.2) is 9.48 Å². The molecule has 0 saturated carbocycles. The molecule has 29 heavy (non-hydrogen) atoms. The van der Waals surface area contributed by atoms with E-state index in [1.807, 2.05) is 62.4 Å². The second-order valence-corrected chi connectivity index (χ2v) is 6.68. The number of nitrogens with one attached hydrogen (secondary N) is 1. The summed E-state index contributed by atoms with van der Waals surface area (Å²) in [6.45, 7) is 5.39.